The smallest absolute Gasteiger partial charge is 0.350 e. The standard InChI is InChI=1S/C21H25ClO3/c1-5-21(4,20(23)24-15(2)3)25-19-12-8-17(9-13-19)14-16-6-10-18(22)11-7-16/h6-13,15H,5,14H2,1-4H3. The number of hydrogen-bond donors (Lipinski definition) is 0. The van der Waals surface area contributed by atoms with E-state index in [-0.39, 0.29) is 12.1 Å². The van der Waals surface area contributed by atoms with Gasteiger partial charge in [-0.1, -0.05) is 42.8 Å². The molecule has 2 aromatic rings. The highest BCUT2D eigenvalue weighted by Gasteiger charge is 2.36. The number of rotatable bonds is 7. The Balaban J connectivity index is 2.05. The molecule has 0 fully saturated rings. The first-order valence-electron chi connectivity index (χ1n) is 8.56. The van der Waals surface area contributed by atoms with Crippen molar-refractivity contribution in [2.75, 3.05) is 0 Å². The zero-order chi connectivity index (χ0) is 18.4. The minimum Gasteiger partial charge on any atom is -0.476 e. The summed E-state index contributed by atoms with van der Waals surface area (Å²) < 4.78 is 11.3. The van der Waals surface area contributed by atoms with Gasteiger partial charge in [-0.25, -0.2) is 4.79 Å². The molecule has 0 aliphatic carbocycles. The molecule has 0 heterocycles. The normalized spacial score (nSPS) is 13.4. The summed E-state index contributed by atoms with van der Waals surface area (Å²) >= 11 is 5.91. The summed E-state index contributed by atoms with van der Waals surface area (Å²) in [6, 6.07) is 15.6. The van der Waals surface area contributed by atoms with Crippen molar-refractivity contribution < 1.29 is 14.3 Å². The Kier molecular flexibility index (Phi) is 6.49. The van der Waals surface area contributed by atoms with Gasteiger partial charge in [0.05, 0.1) is 6.10 Å². The van der Waals surface area contributed by atoms with Crippen molar-refractivity contribution in [2.24, 2.45) is 0 Å². The van der Waals surface area contributed by atoms with Crippen molar-refractivity contribution in [1.82, 2.24) is 0 Å². The van der Waals surface area contributed by atoms with Gasteiger partial charge in [0.2, 0.25) is 5.60 Å². The summed E-state index contributed by atoms with van der Waals surface area (Å²) in [5, 5.41) is 0.736. The molecule has 4 heteroatoms. The lowest BCUT2D eigenvalue weighted by Gasteiger charge is -2.28. The van der Waals surface area contributed by atoms with Gasteiger partial charge in [0.15, 0.2) is 0 Å². The Morgan fingerprint density at radius 2 is 1.56 bits per heavy atom. The third kappa shape index (κ3) is 5.50. The molecule has 0 bridgehead atoms. The summed E-state index contributed by atoms with van der Waals surface area (Å²) in [4.78, 5) is 12.3. The van der Waals surface area contributed by atoms with Crippen molar-refractivity contribution in [3.63, 3.8) is 0 Å². The predicted octanol–water partition coefficient (Wildman–Crippen LogP) is 5.43. The van der Waals surface area contributed by atoms with Gasteiger partial charge < -0.3 is 9.47 Å². The number of carbonyl (C=O) groups is 1. The number of carbonyl (C=O) groups excluding carboxylic acids is 1. The second-order valence-corrected chi connectivity index (χ2v) is 7.02. The number of hydrogen-bond acceptors (Lipinski definition) is 3. The van der Waals surface area contributed by atoms with E-state index in [0.717, 1.165) is 17.0 Å². The third-order valence-electron chi connectivity index (χ3n) is 4.04. The first kappa shape index (κ1) is 19.3. The first-order valence-corrected chi connectivity index (χ1v) is 8.93. The van der Waals surface area contributed by atoms with Gasteiger partial charge in [0.25, 0.3) is 0 Å². The fourth-order valence-electron chi connectivity index (χ4n) is 2.37. The Morgan fingerprint density at radius 1 is 1.04 bits per heavy atom. The highest BCUT2D eigenvalue weighted by atomic mass is 35.5. The fraction of sp³-hybridized carbons (Fsp3) is 0.381. The Morgan fingerprint density at radius 3 is 2.04 bits per heavy atom. The summed E-state index contributed by atoms with van der Waals surface area (Å²) in [6.07, 6.45) is 1.19. The quantitative estimate of drug-likeness (QED) is 0.617. The topological polar surface area (TPSA) is 35.5 Å². The highest BCUT2D eigenvalue weighted by molar-refractivity contribution is 6.30. The lowest BCUT2D eigenvalue weighted by Crippen LogP contribution is -2.43. The molecule has 2 rings (SSSR count). The molecule has 0 aromatic heterocycles. The largest absolute Gasteiger partial charge is 0.476 e. The maximum Gasteiger partial charge on any atom is 0.350 e. The molecule has 1 unspecified atom stereocenters. The summed E-state index contributed by atoms with van der Waals surface area (Å²) in [5.74, 6) is 0.320. The van der Waals surface area contributed by atoms with Crippen molar-refractivity contribution in [3.8, 4) is 5.75 Å². The molecule has 0 N–H and O–H groups in total. The molecule has 25 heavy (non-hydrogen) atoms. The molecule has 0 amide bonds. The fourth-order valence-corrected chi connectivity index (χ4v) is 2.50. The average molecular weight is 361 g/mol. The zero-order valence-corrected chi connectivity index (χ0v) is 16.0. The molecule has 1 atom stereocenters. The van der Waals surface area contributed by atoms with Gasteiger partial charge in [0, 0.05) is 5.02 Å². The van der Waals surface area contributed by atoms with E-state index in [1.165, 1.54) is 5.56 Å². The predicted molar refractivity (Wildman–Crippen MR) is 101 cm³/mol. The van der Waals surface area contributed by atoms with Crippen LogP contribution in [-0.4, -0.2) is 17.7 Å². The molecular formula is C21H25ClO3. The SMILES string of the molecule is CCC(C)(Oc1ccc(Cc2ccc(Cl)cc2)cc1)C(=O)OC(C)C. The minimum absolute atomic E-state index is 0.163. The maximum absolute atomic E-state index is 12.3. The monoisotopic (exact) mass is 360 g/mol. The van der Waals surface area contributed by atoms with Gasteiger partial charge in [-0.05, 0) is 69.0 Å². The van der Waals surface area contributed by atoms with Crippen LogP contribution in [0.15, 0.2) is 48.5 Å². The molecule has 0 spiro atoms. The molecule has 0 aliphatic heterocycles. The van der Waals surface area contributed by atoms with Crippen molar-refractivity contribution >= 4 is 17.6 Å². The summed E-state index contributed by atoms with van der Waals surface area (Å²) in [5.41, 5.74) is 1.37. The molecule has 0 saturated heterocycles. The Hall–Kier alpha value is -2.00. The summed E-state index contributed by atoms with van der Waals surface area (Å²) in [6.45, 7) is 7.34. The Labute approximate surface area is 154 Å². The molecule has 134 valence electrons. The van der Waals surface area contributed by atoms with Crippen LogP contribution in [0.1, 0.15) is 45.2 Å². The number of halogens is 1. The van der Waals surface area contributed by atoms with E-state index in [1.807, 2.05) is 69.3 Å². The van der Waals surface area contributed by atoms with Crippen LogP contribution in [0.2, 0.25) is 5.02 Å². The number of esters is 1. The second kappa shape index (κ2) is 8.39. The van der Waals surface area contributed by atoms with Gasteiger partial charge in [-0.3, -0.25) is 0 Å². The minimum atomic E-state index is -0.984. The van der Waals surface area contributed by atoms with E-state index >= 15 is 0 Å². The zero-order valence-electron chi connectivity index (χ0n) is 15.2. The lowest BCUT2D eigenvalue weighted by atomic mass is 10.0. The van der Waals surface area contributed by atoms with Crippen LogP contribution in [0.25, 0.3) is 0 Å². The molecular weight excluding hydrogens is 336 g/mol. The average Bonchev–Trinajstić information content (AvgIpc) is 2.58. The first-order chi connectivity index (χ1) is 11.8. The second-order valence-electron chi connectivity index (χ2n) is 6.59. The molecule has 0 saturated carbocycles. The van der Waals surface area contributed by atoms with Gasteiger partial charge in [-0.15, -0.1) is 0 Å². The van der Waals surface area contributed by atoms with Gasteiger partial charge in [-0.2, -0.15) is 0 Å². The van der Waals surface area contributed by atoms with Crippen LogP contribution in [0.5, 0.6) is 5.75 Å². The van der Waals surface area contributed by atoms with E-state index in [9.17, 15) is 4.79 Å². The molecule has 3 nitrogen and oxygen atoms in total. The van der Waals surface area contributed by atoms with Crippen molar-refractivity contribution in [3.05, 3.63) is 64.7 Å². The summed E-state index contributed by atoms with van der Waals surface area (Å²) in [7, 11) is 0. The molecule has 0 aliphatic rings. The van der Waals surface area contributed by atoms with Crippen LogP contribution >= 0.6 is 11.6 Å². The van der Waals surface area contributed by atoms with Crippen LogP contribution in [0, 0.1) is 0 Å². The Bertz CT molecular complexity index is 692. The van der Waals surface area contributed by atoms with Crippen LogP contribution in [-0.2, 0) is 16.0 Å². The number of benzene rings is 2. The van der Waals surface area contributed by atoms with E-state index in [2.05, 4.69) is 0 Å². The van der Waals surface area contributed by atoms with Gasteiger partial charge in [0.1, 0.15) is 5.75 Å². The van der Waals surface area contributed by atoms with Crippen LogP contribution in [0.3, 0.4) is 0 Å². The lowest BCUT2D eigenvalue weighted by molar-refractivity contribution is -0.165. The molecule has 2 aromatic carbocycles. The maximum atomic E-state index is 12.3. The van der Waals surface area contributed by atoms with Crippen molar-refractivity contribution in [2.45, 2.75) is 52.2 Å². The number of ether oxygens (including phenoxy) is 2. The van der Waals surface area contributed by atoms with Crippen LogP contribution in [0.4, 0.5) is 0 Å². The van der Waals surface area contributed by atoms with E-state index < -0.39 is 5.60 Å². The van der Waals surface area contributed by atoms with E-state index in [0.29, 0.717) is 12.2 Å². The third-order valence-corrected chi connectivity index (χ3v) is 4.29. The van der Waals surface area contributed by atoms with Crippen molar-refractivity contribution in [1.29, 1.82) is 0 Å². The van der Waals surface area contributed by atoms with E-state index in [1.54, 1.807) is 6.92 Å². The van der Waals surface area contributed by atoms with Crippen LogP contribution < -0.4 is 4.74 Å². The highest BCUT2D eigenvalue weighted by Crippen LogP contribution is 2.24. The van der Waals surface area contributed by atoms with Gasteiger partial charge >= 0.3 is 5.97 Å². The molecule has 0 radical (unpaired) electrons. The van der Waals surface area contributed by atoms with E-state index in [4.69, 9.17) is 21.1 Å².